The summed E-state index contributed by atoms with van der Waals surface area (Å²) in [5, 5.41) is 7.04. The van der Waals surface area contributed by atoms with Crippen molar-refractivity contribution >= 4 is 45.3 Å². The van der Waals surface area contributed by atoms with Crippen molar-refractivity contribution in [2.24, 2.45) is 5.10 Å². The smallest absolute Gasteiger partial charge is 0.203 e. The van der Waals surface area contributed by atoms with E-state index in [0.717, 1.165) is 31.3 Å². The van der Waals surface area contributed by atoms with E-state index in [0.29, 0.717) is 0 Å². The lowest BCUT2D eigenvalue weighted by atomic mass is 10.2. The molecule has 23 heavy (non-hydrogen) atoms. The fourth-order valence-corrected chi connectivity index (χ4v) is 3.32. The van der Waals surface area contributed by atoms with Crippen molar-refractivity contribution < 1.29 is 4.74 Å². The third kappa shape index (κ3) is 3.89. The zero-order valence-corrected chi connectivity index (χ0v) is 15.3. The van der Waals surface area contributed by atoms with Crippen LogP contribution in [0.2, 0.25) is 0 Å². The Morgan fingerprint density at radius 3 is 2.78 bits per heavy atom. The van der Waals surface area contributed by atoms with Crippen LogP contribution in [-0.2, 0) is 0 Å². The van der Waals surface area contributed by atoms with Gasteiger partial charge >= 0.3 is 0 Å². The number of halogens is 1. The number of aromatic nitrogens is 1. The average Bonchev–Trinajstić information content (AvgIpc) is 3.06. The van der Waals surface area contributed by atoms with Crippen LogP contribution in [0.1, 0.15) is 5.56 Å². The van der Waals surface area contributed by atoms with Crippen LogP contribution in [0, 0.1) is 3.57 Å². The fourth-order valence-electron chi connectivity index (χ4n) is 2.04. The summed E-state index contributed by atoms with van der Waals surface area (Å²) in [5.41, 5.74) is 5.97. The molecule has 1 heterocycles. The first kappa shape index (κ1) is 15.9. The number of ether oxygens (including phenoxy) is 1. The zero-order chi connectivity index (χ0) is 16.1. The van der Waals surface area contributed by atoms with Gasteiger partial charge in [-0.05, 0) is 34.7 Å². The lowest BCUT2D eigenvalue weighted by Gasteiger charge is -2.05. The van der Waals surface area contributed by atoms with Crippen molar-refractivity contribution in [2.75, 3.05) is 12.5 Å². The number of thiazole rings is 1. The molecule has 116 valence electrons. The summed E-state index contributed by atoms with van der Waals surface area (Å²) in [6, 6.07) is 16.0. The van der Waals surface area contributed by atoms with E-state index in [1.807, 2.05) is 53.9 Å². The molecule has 0 saturated carbocycles. The second-order valence-corrected chi connectivity index (χ2v) is 6.65. The van der Waals surface area contributed by atoms with E-state index >= 15 is 0 Å². The molecule has 3 rings (SSSR count). The van der Waals surface area contributed by atoms with Crippen LogP contribution in [0.5, 0.6) is 5.75 Å². The minimum atomic E-state index is 0.755. The summed E-state index contributed by atoms with van der Waals surface area (Å²) in [4.78, 5) is 4.54. The normalized spacial score (nSPS) is 10.9. The van der Waals surface area contributed by atoms with E-state index in [2.05, 4.69) is 38.1 Å². The molecule has 0 radical (unpaired) electrons. The molecule has 1 N–H and O–H groups in total. The van der Waals surface area contributed by atoms with Gasteiger partial charge in [0.2, 0.25) is 5.13 Å². The summed E-state index contributed by atoms with van der Waals surface area (Å²) in [6.45, 7) is 0. The van der Waals surface area contributed by atoms with E-state index < -0.39 is 0 Å². The number of hydrogen-bond acceptors (Lipinski definition) is 5. The van der Waals surface area contributed by atoms with Crippen molar-refractivity contribution in [2.45, 2.75) is 0 Å². The monoisotopic (exact) mass is 435 g/mol. The van der Waals surface area contributed by atoms with Crippen molar-refractivity contribution in [3.63, 3.8) is 0 Å². The quantitative estimate of drug-likeness (QED) is 0.354. The Balaban J connectivity index is 1.73. The van der Waals surface area contributed by atoms with Gasteiger partial charge in [0.25, 0.3) is 0 Å². The first-order valence-electron chi connectivity index (χ1n) is 6.90. The molecule has 2 aromatic carbocycles. The van der Waals surface area contributed by atoms with E-state index in [9.17, 15) is 0 Å². The van der Waals surface area contributed by atoms with Crippen LogP contribution in [0.25, 0.3) is 11.3 Å². The van der Waals surface area contributed by atoms with Gasteiger partial charge in [-0.15, -0.1) is 11.3 Å². The van der Waals surface area contributed by atoms with Crippen molar-refractivity contribution in [3.8, 4) is 17.0 Å². The number of benzene rings is 2. The molecule has 0 bridgehead atoms. The average molecular weight is 435 g/mol. The SMILES string of the molecule is COc1cccc(I)c1C=NNc1nc(-c2ccccc2)cs1. The molecule has 0 aliphatic rings. The summed E-state index contributed by atoms with van der Waals surface area (Å²) >= 11 is 3.79. The van der Waals surface area contributed by atoms with Crippen LogP contribution in [-0.4, -0.2) is 18.3 Å². The van der Waals surface area contributed by atoms with Crippen LogP contribution in [0.3, 0.4) is 0 Å². The predicted molar refractivity (Wildman–Crippen MR) is 104 cm³/mol. The van der Waals surface area contributed by atoms with Gasteiger partial charge in [-0.25, -0.2) is 4.98 Å². The zero-order valence-electron chi connectivity index (χ0n) is 12.4. The third-order valence-corrected chi connectivity index (χ3v) is 4.85. The summed E-state index contributed by atoms with van der Waals surface area (Å²) in [7, 11) is 1.66. The van der Waals surface area contributed by atoms with Gasteiger partial charge in [0, 0.05) is 20.1 Å². The van der Waals surface area contributed by atoms with Crippen LogP contribution < -0.4 is 10.2 Å². The summed E-state index contributed by atoms with van der Waals surface area (Å²) in [5.74, 6) is 0.798. The molecule has 0 unspecified atom stereocenters. The Labute approximate surface area is 152 Å². The highest BCUT2D eigenvalue weighted by atomic mass is 127. The van der Waals surface area contributed by atoms with Gasteiger partial charge in [-0.3, -0.25) is 5.43 Å². The van der Waals surface area contributed by atoms with Crippen molar-refractivity contribution in [3.05, 3.63) is 63.0 Å². The number of methoxy groups -OCH3 is 1. The Kier molecular flexibility index (Phi) is 5.24. The largest absolute Gasteiger partial charge is 0.496 e. The minimum Gasteiger partial charge on any atom is -0.496 e. The molecule has 0 spiro atoms. The predicted octanol–water partition coefficient (Wildman–Crippen LogP) is 4.87. The Hall–Kier alpha value is -1.93. The maximum absolute atomic E-state index is 5.35. The molecular weight excluding hydrogens is 421 g/mol. The lowest BCUT2D eigenvalue weighted by Crippen LogP contribution is -1.96. The van der Waals surface area contributed by atoms with Crippen LogP contribution >= 0.6 is 33.9 Å². The first-order valence-corrected chi connectivity index (χ1v) is 8.86. The number of anilines is 1. The minimum absolute atomic E-state index is 0.755. The maximum atomic E-state index is 5.35. The first-order chi connectivity index (χ1) is 11.3. The van der Waals surface area contributed by atoms with Gasteiger partial charge in [-0.2, -0.15) is 5.10 Å². The standard InChI is InChI=1S/C17H14IN3OS/c1-22-16-9-5-8-14(18)13(16)10-19-21-17-20-15(11-23-17)12-6-3-2-4-7-12/h2-11H,1H3,(H,20,21). The number of hydrazone groups is 1. The Morgan fingerprint density at radius 2 is 2.00 bits per heavy atom. The van der Waals surface area contributed by atoms with Crippen LogP contribution in [0.4, 0.5) is 5.13 Å². The molecule has 0 fully saturated rings. The molecule has 0 atom stereocenters. The van der Waals surface area contributed by atoms with E-state index in [4.69, 9.17) is 4.74 Å². The Morgan fingerprint density at radius 1 is 1.17 bits per heavy atom. The highest BCUT2D eigenvalue weighted by Gasteiger charge is 2.05. The van der Waals surface area contributed by atoms with Crippen molar-refractivity contribution in [1.82, 2.24) is 4.98 Å². The summed E-state index contributed by atoms with van der Waals surface area (Å²) < 4.78 is 6.43. The molecule has 0 aliphatic carbocycles. The maximum Gasteiger partial charge on any atom is 0.203 e. The molecule has 4 nitrogen and oxygen atoms in total. The second kappa shape index (κ2) is 7.56. The third-order valence-electron chi connectivity index (χ3n) is 3.16. The van der Waals surface area contributed by atoms with E-state index in [1.165, 1.54) is 11.3 Å². The van der Waals surface area contributed by atoms with E-state index in [1.54, 1.807) is 13.3 Å². The van der Waals surface area contributed by atoms with Crippen molar-refractivity contribution in [1.29, 1.82) is 0 Å². The van der Waals surface area contributed by atoms with Gasteiger partial charge in [0.15, 0.2) is 0 Å². The molecule has 0 aliphatic heterocycles. The second-order valence-electron chi connectivity index (χ2n) is 4.63. The molecule has 1 aromatic heterocycles. The number of nitrogens with zero attached hydrogens (tertiary/aromatic N) is 2. The molecule has 3 aromatic rings. The topological polar surface area (TPSA) is 46.5 Å². The molecule has 0 amide bonds. The highest BCUT2D eigenvalue weighted by Crippen LogP contribution is 2.25. The van der Waals surface area contributed by atoms with Gasteiger partial charge < -0.3 is 4.74 Å². The van der Waals surface area contributed by atoms with Gasteiger partial charge in [-0.1, -0.05) is 36.4 Å². The van der Waals surface area contributed by atoms with E-state index in [-0.39, 0.29) is 0 Å². The molecule has 6 heteroatoms. The fraction of sp³-hybridized carbons (Fsp3) is 0.0588. The number of rotatable bonds is 5. The van der Waals surface area contributed by atoms with Gasteiger partial charge in [0.1, 0.15) is 5.75 Å². The van der Waals surface area contributed by atoms with Crippen LogP contribution in [0.15, 0.2) is 59.0 Å². The molecular formula is C17H14IN3OS. The summed E-state index contributed by atoms with van der Waals surface area (Å²) in [6.07, 6.45) is 1.75. The molecule has 0 saturated heterocycles. The Bertz CT molecular complexity index is 818. The van der Waals surface area contributed by atoms with Gasteiger partial charge in [0.05, 0.1) is 19.0 Å². The lowest BCUT2D eigenvalue weighted by molar-refractivity contribution is 0.414. The highest BCUT2D eigenvalue weighted by molar-refractivity contribution is 14.1. The number of nitrogens with one attached hydrogen (secondary N) is 1. The number of hydrogen-bond donors (Lipinski definition) is 1.